The van der Waals surface area contributed by atoms with Crippen molar-refractivity contribution in [1.82, 2.24) is 0 Å². The molecule has 1 aromatic carbocycles. The van der Waals surface area contributed by atoms with Gasteiger partial charge in [-0.2, -0.15) is 0 Å². The number of nitrogens with zero attached hydrogens (tertiary/aromatic N) is 1. The van der Waals surface area contributed by atoms with Gasteiger partial charge in [-0.05, 0) is 57.6 Å². The number of hydrogen-bond acceptors (Lipinski definition) is 1. The van der Waals surface area contributed by atoms with Gasteiger partial charge in [0.2, 0.25) is 0 Å². The first kappa shape index (κ1) is 15.1. The lowest BCUT2D eigenvalue weighted by Gasteiger charge is -2.32. The van der Waals surface area contributed by atoms with Gasteiger partial charge in [-0.15, -0.1) is 0 Å². The van der Waals surface area contributed by atoms with Gasteiger partial charge in [0.15, 0.2) is 0 Å². The van der Waals surface area contributed by atoms with Crippen molar-refractivity contribution in [3.63, 3.8) is 0 Å². The van der Waals surface area contributed by atoms with Gasteiger partial charge in [0.05, 0.1) is 0 Å². The van der Waals surface area contributed by atoms with E-state index in [9.17, 15) is 0 Å². The van der Waals surface area contributed by atoms with E-state index in [-0.39, 0.29) is 0 Å². The Morgan fingerprint density at radius 3 is 2.00 bits per heavy atom. The van der Waals surface area contributed by atoms with Crippen LogP contribution in [0.3, 0.4) is 0 Å². The van der Waals surface area contributed by atoms with Crippen LogP contribution in [0.2, 0.25) is 0 Å². The number of anilines is 1. The maximum Gasteiger partial charge on any atom is 0.0427 e. The zero-order valence-electron chi connectivity index (χ0n) is 13.0. The van der Waals surface area contributed by atoms with Gasteiger partial charge in [-0.1, -0.05) is 32.0 Å². The molecule has 0 aliphatic rings. The van der Waals surface area contributed by atoms with Crippen LogP contribution < -0.4 is 4.90 Å². The van der Waals surface area contributed by atoms with Crippen molar-refractivity contribution in [2.75, 3.05) is 11.4 Å². The van der Waals surface area contributed by atoms with E-state index in [4.69, 9.17) is 0 Å². The Morgan fingerprint density at radius 1 is 1.00 bits per heavy atom. The molecular weight excluding hydrogens is 218 g/mol. The zero-order valence-corrected chi connectivity index (χ0v) is 13.0. The number of hydrogen-bond donors (Lipinski definition) is 0. The summed E-state index contributed by atoms with van der Waals surface area (Å²) in [4.78, 5) is 2.56. The van der Waals surface area contributed by atoms with Gasteiger partial charge in [0.25, 0.3) is 0 Å². The average molecular weight is 247 g/mol. The monoisotopic (exact) mass is 247 g/mol. The largest absolute Gasteiger partial charge is 0.369 e. The van der Waals surface area contributed by atoms with Crippen LogP contribution in [0.4, 0.5) is 5.69 Å². The topological polar surface area (TPSA) is 3.24 Å². The Kier molecular flexibility index (Phi) is 5.71. The Balaban J connectivity index is 2.84. The predicted octanol–water partition coefficient (Wildman–Crippen LogP) is 4.95. The summed E-state index contributed by atoms with van der Waals surface area (Å²) < 4.78 is 0. The second-order valence-electron chi connectivity index (χ2n) is 6.06. The fourth-order valence-electron chi connectivity index (χ4n) is 2.56. The lowest BCUT2D eigenvalue weighted by Crippen LogP contribution is -2.33. The summed E-state index contributed by atoms with van der Waals surface area (Å²) >= 11 is 0. The molecule has 0 fully saturated rings. The molecule has 0 bridgehead atoms. The molecule has 0 amide bonds. The molecule has 0 atom stereocenters. The van der Waals surface area contributed by atoms with Crippen molar-refractivity contribution in [3.05, 3.63) is 29.3 Å². The highest BCUT2D eigenvalue weighted by atomic mass is 15.2. The van der Waals surface area contributed by atoms with E-state index < -0.39 is 0 Å². The van der Waals surface area contributed by atoms with Crippen LogP contribution in [0, 0.1) is 19.8 Å². The summed E-state index contributed by atoms with van der Waals surface area (Å²) in [5, 5.41) is 0. The number of rotatable bonds is 6. The van der Waals surface area contributed by atoms with Crippen molar-refractivity contribution in [2.24, 2.45) is 5.92 Å². The predicted molar refractivity (Wildman–Crippen MR) is 82.5 cm³/mol. The summed E-state index contributed by atoms with van der Waals surface area (Å²) in [6, 6.07) is 7.16. The maximum absolute atomic E-state index is 2.56. The third-order valence-corrected chi connectivity index (χ3v) is 3.53. The van der Waals surface area contributed by atoms with Gasteiger partial charge in [-0.3, -0.25) is 0 Å². The third-order valence-electron chi connectivity index (χ3n) is 3.53. The third kappa shape index (κ3) is 4.04. The number of aryl methyl sites for hydroxylation is 2. The van der Waals surface area contributed by atoms with E-state index in [1.54, 1.807) is 0 Å². The Labute approximate surface area is 113 Å². The smallest absolute Gasteiger partial charge is 0.0427 e. The summed E-state index contributed by atoms with van der Waals surface area (Å²) in [5.41, 5.74) is 4.23. The molecule has 0 aliphatic carbocycles. The van der Waals surface area contributed by atoms with Gasteiger partial charge in [0.1, 0.15) is 0 Å². The van der Waals surface area contributed by atoms with Crippen LogP contribution in [-0.2, 0) is 0 Å². The Hall–Kier alpha value is -0.980. The van der Waals surface area contributed by atoms with Crippen molar-refractivity contribution in [1.29, 1.82) is 0 Å². The molecule has 102 valence electrons. The lowest BCUT2D eigenvalue weighted by atomic mass is 10.0. The Morgan fingerprint density at radius 2 is 1.56 bits per heavy atom. The van der Waals surface area contributed by atoms with Crippen molar-refractivity contribution < 1.29 is 0 Å². The molecule has 0 saturated carbocycles. The molecule has 0 radical (unpaired) electrons. The highest BCUT2D eigenvalue weighted by Gasteiger charge is 2.14. The number of para-hydroxylation sites is 1. The maximum atomic E-state index is 2.56. The van der Waals surface area contributed by atoms with Crippen LogP contribution in [0.5, 0.6) is 0 Å². The average Bonchev–Trinajstić information content (AvgIpc) is 2.25. The summed E-state index contributed by atoms with van der Waals surface area (Å²) in [5.74, 6) is 0.803. The van der Waals surface area contributed by atoms with Crippen molar-refractivity contribution in [2.45, 2.75) is 60.4 Å². The molecule has 0 spiro atoms. The zero-order chi connectivity index (χ0) is 13.7. The van der Waals surface area contributed by atoms with Gasteiger partial charge in [-0.25, -0.2) is 0 Å². The normalized spacial score (nSPS) is 11.3. The molecule has 0 heterocycles. The van der Waals surface area contributed by atoms with Crippen molar-refractivity contribution >= 4 is 5.69 Å². The SMILES string of the molecule is Cc1cccc(C)c1N(CCCC(C)C)C(C)C. The summed E-state index contributed by atoms with van der Waals surface area (Å²) in [6.07, 6.45) is 2.60. The molecule has 1 nitrogen and oxygen atoms in total. The van der Waals surface area contributed by atoms with Crippen LogP contribution >= 0.6 is 0 Å². The minimum absolute atomic E-state index is 0.567. The fourth-order valence-corrected chi connectivity index (χ4v) is 2.56. The molecule has 0 aromatic heterocycles. The fraction of sp³-hybridized carbons (Fsp3) is 0.647. The first-order valence-electron chi connectivity index (χ1n) is 7.26. The minimum Gasteiger partial charge on any atom is -0.369 e. The summed E-state index contributed by atoms with van der Waals surface area (Å²) in [7, 11) is 0. The van der Waals surface area contributed by atoms with Gasteiger partial charge < -0.3 is 4.90 Å². The molecule has 1 heteroatoms. The lowest BCUT2D eigenvalue weighted by molar-refractivity contribution is 0.536. The molecule has 0 N–H and O–H groups in total. The van der Waals surface area contributed by atoms with E-state index in [1.165, 1.54) is 36.2 Å². The molecule has 0 aliphatic heterocycles. The molecule has 1 aromatic rings. The van der Waals surface area contributed by atoms with Crippen LogP contribution in [0.1, 0.15) is 51.7 Å². The highest BCUT2D eigenvalue weighted by molar-refractivity contribution is 5.59. The van der Waals surface area contributed by atoms with E-state index in [0.29, 0.717) is 6.04 Å². The first-order chi connectivity index (χ1) is 8.43. The standard InChI is InChI=1S/C17H29N/c1-13(2)9-8-12-18(14(3)4)17-15(5)10-7-11-16(17)6/h7,10-11,13-14H,8-9,12H2,1-6H3. The van der Waals surface area contributed by atoms with Crippen LogP contribution in [0.25, 0.3) is 0 Å². The minimum atomic E-state index is 0.567. The molecule has 18 heavy (non-hydrogen) atoms. The number of benzene rings is 1. The van der Waals surface area contributed by atoms with E-state index >= 15 is 0 Å². The quantitative estimate of drug-likeness (QED) is 0.687. The second kappa shape index (κ2) is 6.82. The van der Waals surface area contributed by atoms with Gasteiger partial charge in [0, 0.05) is 18.3 Å². The first-order valence-corrected chi connectivity index (χ1v) is 7.26. The van der Waals surface area contributed by atoms with Gasteiger partial charge >= 0.3 is 0 Å². The van der Waals surface area contributed by atoms with E-state index in [1.807, 2.05) is 0 Å². The molecule has 0 saturated heterocycles. The van der Waals surface area contributed by atoms with Crippen molar-refractivity contribution in [3.8, 4) is 0 Å². The highest BCUT2D eigenvalue weighted by Crippen LogP contribution is 2.26. The summed E-state index contributed by atoms with van der Waals surface area (Å²) in [6.45, 7) is 14.8. The molecule has 0 unspecified atom stereocenters. The van der Waals surface area contributed by atoms with E-state index in [0.717, 1.165) is 5.92 Å². The molecule has 1 rings (SSSR count). The van der Waals surface area contributed by atoms with Crippen LogP contribution in [-0.4, -0.2) is 12.6 Å². The van der Waals surface area contributed by atoms with Crippen LogP contribution in [0.15, 0.2) is 18.2 Å². The second-order valence-corrected chi connectivity index (χ2v) is 6.06. The van der Waals surface area contributed by atoms with E-state index in [2.05, 4.69) is 64.6 Å². The Bertz CT molecular complexity index is 346. The molecular formula is C17H29N.